The first-order valence-electron chi connectivity index (χ1n) is 9.67. The van der Waals surface area contributed by atoms with Gasteiger partial charge >= 0.3 is 0 Å². The fourth-order valence-corrected chi connectivity index (χ4v) is 3.25. The number of nitrogens with one attached hydrogen (secondary N) is 2. The largest absolute Gasteiger partial charge is 0.493 e. The molecular formula is C23H25N3O4S. The number of rotatable bonds is 7. The molecule has 0 aliphatic heterocycles. The second-order valence-corrected chi connectivity index (χ2v) is 8.59. The normalized spacial score (nSPS) is 11.0. The van der Waals surface area contributed by atoms with E-state index in [2.05, 4.69) is 15.6 Å². The number of carbonyl (C=O) groups is 2. The van der Waals surface area contributed by atoms with Crippen LogP contribution in [0.2, 0.25) is 0 Å². The summed E-state index contributed by atoms with van der Waals surface area (Å²) in [5.74, 6) is 0.526. The molecule has 0 fully saturated rings. The molecule has 0 atom stereocenters. The minimum absolute atomic E-state index is 0.164. The SMILES string of the molecule is COc1cc(C(=O)Nc2ccc(C(=O)NC(C)(C)C)cc2)ccc1OCc1cscn1. The van der Waals surface area contributed by atoms with Crippen molar-refractivity contribution in [3.05, 3.63) is 70.2 Å². The molecular weight excluding hydrogens is 414 g/mol. The molecule has 1 heterocycles. The lowest BCUT2D eigenvalue weighted by molar-refractivity contribution is 0.0919. The number of amides is 2. The summed E-state index contributed by atoms with van der Waals surface area (Å²) in [6.45, 7) is 6.08. The first-order valence-corrected chi connectivity index (χ1v) is 10.6. The number of carbonyl (C=O) groups excluding carboxylic acids is 2. The van der Waals surface area contributed by atoms with Crippen LogP contribution >= 0.6 is 11.3 Å². The molecule has 2 amide bonds. The van der Waals surface area contributed by atoms with Crippen LogP contribution in [-0.4, -0.2) is 29.4 Å². The number of anilines is 1. The Morgan fingerprint density at radius 2 is 1.71 bits per heavy atom. The number of thiazole rings is 1. The van der Waals surface area contributed by atoms with E-state index in [1.807, 2.05) is 26.2 Å². The van der Waals surface area contributed by atoms with Crippen LogP contribution in [0.15, 0.2) is 53.4 Å². The van der Waals surface area contributed by atoms with Crippen LogP contribution in [-0.2, 0) is 6.61 Å². The van der Waals surface area contributed by atoms with Crippen molar-refractivity contribution in [2.24, 2.45) is 0 Å². The molecule has 0 saturated carbocycles. The van der Waals surface area contributed by atoms with E-state index in [1.165, 1.54) is 18.4 Å². The summed E-state index contributed by atoms with van der Waals surface area (Å²) >= 11 is 1.50. The zero-order valence-electron chi connectivity index (χ0n) is 17.9. The lowest BCUT2D eigenvalue weighted by Crippen LogP contribution is -2.40. The summed E-state index contributed by atoms with van der Waals surface area (Å²) in [6, 6.07) is 11.7. The third-order valence-corrected chi connectivity index (χ3v) is 4.81. The van der Waals surface area contributed by atoms with Crippen LogP contribution in [0, 0.1) is 0 Å². The molecule has 0 spiro atoms. The van der Waals surface area contributed by atoms with Gasteiger partial charge in [0.1, 0.15) is 6.61 Å². The van der Waals surface area contributed by atoms with Gasteiger partial charge in [0.15, 0.2) is 11.5 Å². The number of ether oxygens (including phenoxy) is 2. The Balaban J connectivity index is 1.65. The third-order valence-electron chi connectivity index (χ3n) is 4.18. The van der Waals surface area contributed by atoms with Gasteiger partial charge in [-0.3, -0.25) is 9.59 Å². The van der Waals surface area contributed by atoms with Crippen LogP contribution in [0.3, 0.4) is 0 Å². The van der Waals surface area contributed by atoms with Crippen LogP contribution < -0.4 is 20.1 Å². The van der Waals surface area contributed by atoms with E-state index in [1.54, 1.807) is 48.0 Å². The summed E-state index contributed by atoms with van der Waals surface area (Å²) in [4.78, 5) is 29.0. The molecule has 31 heavy (non-hydrogen) atoms. The molecule has 0 aliphatic rings. The predicted octanol–water partition coefficient (Wildman–Crippen LogP) is 4.51. The summed E-state index contributed by atoms with van der Waals surface area (Å²) < 4.78 is 11.1. The van der Waals surface area contributed by atoms with Gasteiger partial charge in [-0.05, 0) is 63.2 Å². The summed E-state index contributed by atoms with van der Waals surface area (Å²) in [5.41, 5.74) is 3.78. The molecule has 0 saturated heterocycles. The Kier molecular flexibility index (Phi) is 6.91. The third kappa shape index (κ3) is 6.29. The predicted molar refractivity (Wildman–Crippen MR) is 121 cm³/mol. The molecule has 3 rings (SSSR count). The fourth-order valence-electron chi connectivity index (χ4n) is 2.71. The molecule has 8 heteroatoms. The highest BCUT2D eigenvalue weighted by Crippen LogP contribution is 2.29. The van der Waals surface area contributed by atoms with Gasteiger partial charge in [-0.1, -0.05) is 0 Å². The number of aromatic nitrogens is 1. The standard InChI is InChI=1S/C23H25N3O4S/c1-23(2,3)26-22(28)15-5-8-17(9-6-15)25-21(27)16-7-10-19(20(11-16)29-4)30-12-18-13-31-14-24-18/h5-11,13-14H,12H2,1-4H3,(H,25,27)(H,26,28). The Hall–Kier alpha value is -3.39. The molecule has 3 aromatic rings. The molecule has 2 N–H and O–H groups in total. The van der Waals surface area contributed by atoms with Gasteiger partial charge < -0.3 is 20.1 Å². The molecule has 0 bridgehead atoms. The topological polar surface area (TPSA) is 89.5 Å². The van der Waals surface area contributed by atoms with Crippen molar-refractivity contribution in [1.82, 2.24) is 10.3 Å². The van der Waals surface area contributed by atoms with E-state index in [0.717, 1.165) is 5.69 Å². The first-order chi connectivity index (χ1) is 14.7. The first kappa shape index (κ1) is 22.3. The highest BCUT2D eigenvalue weighted by molar-refractivity contribution is 7.07. The van der Waals surface area contributed by atoms with E-state index >= 15 is 0 Å². The van der Waals surface area contributed by atoms with Crippen LogP contribution in [0.25, 0.3) is 0 Å². The molecule has 7 nitrogen and oxygen atoms in total. The Labute approximate surface area is 185 Å². The van der Waals surface area contributed by atoms with Crippen molar-refractivity contribution in [3.63, 3.8) is 0 Å². The fraction of sp³-hybridized carbons (Fsp3) is 0.261. The smallest absolute Gasteiger partial charge is 0.255 e. The summed E-state index contributed by atoms with van der Waals surface area (Å²) in [7, 11) is 1.52. The van der Waals surface area contributed by atoms with Crippen LogP contribution in [0.4, 0.5) is 5.69 Å². The van der Waals surface area contributed by atoms with Crippen molar-refractivity contribution >= 4 is 28.8 Å². The molecule has 0 unspecified atom stereocenters. The highest BCUT2D eigenvalue weighted by atomic mass is 32.1. The highest BCUT2D eigenvalue weighted by Gasteiger charge is 2.16. The van der Waals surface area contributed by atoms with E-state index in [4.69, 9.17) is 9.47 Å². The Bertz CT molecular complexity index is 1040. The quantitative estimate of drug-likeness (QED) is 0.565. The van der Waals surface area contributed by atoms with Crippen molar-refractivity contribution in [2.45, 2.75) is 32.9 Å². The second kappa shape index (κ2) is 9.61. The van der Waals surface area contributed by atoms with Crippen molar-refractivity contribution in [2.75, 3.05) is 12.4 Å². The van der Waals surface area contributed by atoms with Crippen LogP contribution in [0.1, 0.15) is 47.2 Å². The Morgan fingerprint density at radius 3 is 2.32 bits per heavy atom. The van der Waals surface area contributed by atoms with Gasteiger partial charge in [0.05, 0.1) is 18.3 Å². The van der Waals surface area contributed by atoms with E-state index in [9.17, 15) is 9.59 Å². The second-order valence-electron chi connectivity index (χ2n) is 7.87. The zero-order chi connectivity index (χ0) is 22.4. The average molecular weight is 440 g/mol. The van der Waals surface area contributed by atoms with Gasteiger partial charge in [-0.2, -0.15) is 0 Å². The molecule has 0 aliphatic carbocycles. The minimum atomic E-state index is -0.320. The van der Waals surface area contributed by atoms with Gasteiger partial charge in [0, 0.05) is 27.7 Å². The van der Waals surface area contributed by atoms with Gasteiger partial charge in [-0.25, -0.2) is 4.98 Å². The van der Waals surface area contributed by atoms with Crippen LogP contribution in [0.5, 0.6) is 11.5 Å². The monoisotopic (exact) mass is 439 g/mol. The lowest BCUT2D eigenvalue weighted by Gasteiger charge is -2.20. The maximum Gasteiger partial charge on any atom is 0.255 e. The number of nitrogens with zero attached hydrogens (tertiary/aromatic N) is 1. The van der Waals surface area contributed by atoms with Crippen molar-refractivity contribution < 1.29 is 19.1 Å². The maximum absolute atomic E-state index is 12.6. The van der Waals surface area contributed by atoms with Gasteiger partial charge in [0.25, 0.3) is 11.8 Å². The van der Waals surface area contributed by atoms with Crippen molar-refractivity contribution in [3.8, 4) is 11.5 Å². The zero-order valence-corrected chi connectivity index (χ0v) is 18.7. The number of hydrogen-bond acceptors (Lipinski definition) is 6. The molecule has 162 valence electrons. The van der Waals surface area contributed by atoms with E-state index in [-0.39, 0.29) is 17.4 Å². The van der Waals surface area contributed by atoms with Gasteiger partial charge in [0.2, 0.25) is 0 Å². The average Bonchev–Trinajstić information content (AvgIpc) is 3.25. The number of benzene rings is 2. The summed E-state index contributed by atoms with van der Waals surface area (Å²) in [6.07, 6.45) is 0. The molecule has 0 radical (unpaired) electrons. The van der Waals surface area contributed by atoms with Gasteiger partial charge in [-0.15, -0.1) is 11.3 Å². The lowest BCUT2D eigenvalue weighted by atomic mass is 10.1. The minimum Gasteiger partial charge on any atom is -0.493 e. The number of hydrogen-bond donors (Lipinski definition) is 2. The number of methoxy groups -OCH3 is 1. The summed E-state index contributed by atoms with van der Waals surface area (Å²) in [5, 5.41) is 7.63. The van der Waals surface area contributed by atoms with Crippen molar-refractivity contribution in [1.29, 1.82) is 0 Å². The van der Waals surface area contributed by atoms with E-state index < -0.39 is 0 Å². The maximum atomic E-state index is 12.6. The molecule has 1 aromatic heterocycles. The molecule has 2 aromatic carbocycles. The van der Waals surface area contributed by atoms with E-state index in [0.29, 0.717) is 34.9 Å². The Morgan fingerprint density at radius 1 is 1.00 bits per heavy atom.